The predicted molar refractivity (Wildman–Crippen MR) is 111 cm³/mol. The van der Waals surface area contributed by atoms with Gasteiger partial charge in [0.15, 0.2) is 0 Å². The van der Waals surface area contributed by atoms with Gasteiger partial charge >= 0.3 is 0 Å². The zero-order valence-electron chi connectivity index (χ0n) is 16.5. The lowest BCUT2D eigenvalue weighted by atomic mass is 10.1. The van der Waals surface area contributed by atoms with Crippen molar-refractivity contribution in [2.24, 2.45) is 0 Å². The molecule has 4 rings (SSSR count). The number of benzene rings is 2. The number of piperazine rings is 1. The van der Waals surface area contributed by atoms with Gasteiger partial charge in [0.2, 0.25) is 5.95 Å². The van der Waals surface area contributed by atoms with Crippen LogP contribution in [0.15, 0.2) is 60.9 Å². The lowest BCUT2D eigenvalue weighted by molar-refractivity contribution is -0.385. The Kier molecular flexibility index (Phi) is 5.34. The highest BCUT2D eigenvalue weighted by atomic mass is 16.6. The normalized spacial score (nSPS) is 13.9. The average Bonchev–Trinajstić information content (AvgIpc) is 3.29. The maximum Gasteiger partial charge on any atom is 0.282 e. The van der Waals surface area contributed by atoms with Gasteiger partial charge in [-0.15, -0.1) is 0 Å². The second-order valence-electron chi connectivity index (χ2n) is 6.85. The van der Waals surface area contributed by atoms with Crippen molar-refractivity contribution < 1.29 is 14.5 Å². The molecule has 0 aliphatic carbocycles. The summed E-state index contributed by atoms with van der Waals surface area (Å²) >= 11 is 0. The third-order valence-electron chi connectivity index (χ3n) is 5.13. The zero-order chi connectivity index (χ0) is 21.1. The minimum absolute atomic E-state index is 0.119. The number of para-hydroxylation sites is 1. The minimum atomic E-state index is -0.519. The number of rotatable bonds is 5. The molecule has 0 radical (unpaired) electrons. The fraction of sp³-hybridized carbons (Fsp3) is 0.238. The summed E-state index contributed by atoms with van der Waals surface area (Å²) in [6, 6.07) is 13.8. The molecule has 0 atom stereocenters. The third kappa shape index (κ3) is 3.69. The molecular weight excluding hydrogens is 386 g/mol. The zero-order valence-corrected chi connectivity index (χ0v) is 16.5. The second kappa shape index (κ2) is 8.24. The molecule has 1 aliphatic rings. The lowest BCUT2D eigenvalue weighted by Crippen LogP contribution is -2.49. The van der Waals surface area contributed by atoms with Crippen molar-refractivity contribution in [2.45, 2.75) is 0 Å². The Balaban J connectivity index is 1.49. The van der Waals surface area contributed by atoms with E-state index in [1.54, 1.807) is 30.3 Å². The van der Waals surface area contributed by atoms with Gasteiger partial charge in [0.1, 0.15) is 11.3 Å². The monoisotopic (exact) mass is 407 g/mol. The van der Waals surface area contributed by atoms with Crippen molar-refractivity contribution in [3.8, 4) is 11.4 Å². The van der Waals surface area contributed by atoms with Gasteiger partial charge in [-0.25, -0.2) is 4.98 Å². The first-order chi connectivity index (χ1) is 14.6. The number of nitro groups is 1. The SMILES string of the molecule is COc1cccc(-n2ccnc2N2CCN(C(=O)c3ccccc3[N+](=O)[O-])CC2)c1. The predicted octanol–water partition coefficient (Wildman–Crippen LogP) is 2.75. The van der Waals surface area contributed by atoms with Crippen LogP contribution in [0.25, 0.3) is 5.69 Å². The van der Waals surface area contributed by atoms with Crippen LogP contribution in [-0.4, -0.2) is 58.6 Å². The number of methoxy groups -OCH3 is 1. The molecule has 0 N–H and O–H groups in total. The number of anilines is 1. The molecule has 154 valence electrons. The van der Waals surface area contributed by atoms with Crippen molar-refractivity contribution in [1.82, 2.24) is 14.5 Å². The Labute approximate surface area is 173 Å². The van der Waals surface area contributed by atoms with Gasteiger partial charge in [0, 0.05) is 50.7 Å². The molecule has 0 unspecified atom stereocenters. The summed E-state index contributed by atoms with van der Waals surface area (Å²) in [5.41, 5.74) is 0.882. The fourth-order valence-electron chi connectivity index (χ4n) is 3.58. The largest absolute Gasteiger partial charge is 0.497 e. The Bertz CT molecular complexity index is 1070. The Morgan fingerprint density at radius 2 is 1.87 bits per heavy atom. The van der Waals surface area contributed by atoms with E-state index in [4.69, 9.17) is 4.74 Å². The summed E-state index contributed by atoms with van der Waals surface area (Å²) in [5, 5.41) is 11.2. The van der Waals surface area contributed by atoms with E-state index in [0.717, 1.165) is 17.4 Å². The molecule has 9 heteroatoms. The maximum absolute atomic E-state index is 12.8. The Morgan fingerprint density at radius 3 is 2.60 bits per heavy atom. The van der Waals surface area contributed by atoms with Crippen molar-refractivity contribution in [1.29, 1.82) is 0 Å². The Hall–Kier alpha value is -3.88. The number of nitrogens with zero attached hydrogens (tertiary/aromatic N) is 5. The van der Waals surface area contributed by atoms with Crippen LogP contribution >= 0.6 is 0 Å². The molecule has 1 amide bonds. The fourth-order valence-corrected chi connectivity index (χ4v) is 3.58. The van der Waals surface area contributed by atoms with E-state index in [0.29, 0.717) is 26.2 Å². The summed E-state index contributed by atoms with van der Waals surface area (Å²) in [4.78, 5) is 31.8. The number of hydrogen-bond donors (Lipinski definition) is 0. The van der Waals surface area contributed by atoms with Gasteiger partial charge < -0.3 is 14.5 Å². The minimum Gasteiger partial charge on any atom is -0.497 e. The first-order valence-electron chi connectivity index (χ1n) is 9.54. The molecule has 1 aliphatic heterocycles. The van der Waals surface area contributed by atoms with Crippen LogP contribution in [0.5, 0.6) is 5.75 Å². The highest BCUT2D eigenvalue weighted by Crippen LogP contribution is 2.24. The highest BCUT2D eigenvalue weighted by molar-refractivity contribution is 5.98. The number of aromatic nitrogens is 2. The molecular formula is C21H21N5O4. The maximum atomic E-state index is 12.8. The van der Waals surface area contributed by atoms with Gasteiger partial charge in [-0.3, -0.25) is 19.5 Å². The Morgan fingerprint density at radius 1 is 1.10 bits per heavy atom. The summed E-state index contributed by atoms with van der Waals surface area (Å²) in [6.45, 7) is 2.06. The van der Waals surface area contributed by atoms with Crippen LogP contribution < -0.4 is 9.64 Å². The topological polar surface area (TPSA) is 93.7 Å². The average molecular weight is 407 g/mol. The van der Waals surface area contributed by atoms with Crippen molar-refractivity contribution >= 4 is 17.5 Å². The van der Waals surface area contributed by atoms with E-state index >= 15 is 0 Å². The lowest BCUT2D eigenvalue weighted by Gasteiger charge is -2.35. The number of amides is 1. The molecule has 3 aromatic rings. The van der Waals surface area contributed by atoms with Crippen molar-refractivity contribution in [2.75, 3.05) is 38.2 Å². The quantitative estimate of drug-likeness (QED) is 0.477. The van der Waals surface area contributed by atoms with Crippen LogP contribution in [0.4, 0.5) is 11.6 Å². The van der Waals surface area contributed by atoms with Crippen molar-refractivity contribution in [3.63, 3.8) is 0 Å². The number of nitro benzene ring substituents is 1. The molecule has 30 heavy (non-hydrogen) atoms. The number of ether oxygens (including phenoxy) is 1. The van der Waals surface area contributed by atoms with Gasteiger partial charge in [-0.05, 0) is 18.2 Å². The molecule has 2 heterocycles. The van der Waals surface area contributed by atoms with Gasteiger partial charge in [0.25, 0.3) is 11.6 Å². The van der Waals surface area contributed by atoms with E-state index in [2.05, 4.69) is 9.88 Å². The van der Waals surface area contributed by atoms with Gasteiger partial charge in [-0.2, -0.15) is 0 Å². The molecule has 9 nitrogen and oxygen atoms in total. The molecule has 0 spiro atoms. The molecule has 0 saturated carbocycles. The second-order valence-corrected chi connectivity index (χ2v) is 6.85. The summed E-state index contributed by atoms with van der Waals surface area (Å²) in [6.07, 6.45) is 3.62. The first-order valence-corrected chi connectivity index (χ1v) is 9.54. The van der Waals surface area contributed by atoms with Crippen LogP contribution in [0.2, 0.25) is 0 Å². The van der Waals surface area contributed by atoms with E-state index in [9.17, 15) is 14.9 Å². The highest BCUT2D eigenvalue weighted by Gasteiger charge is 2.28. The summed E-state index contributed by atoms with van der Waals surface area (Å²) in [7, 11) is 1.63. The van der Waals surface area contributed by atoms with Crippen LogP contribution in [0.1, 0.15) is 10.4 Å². The molecule has 1 saturated heterocycles. The standard InChI is InChI=1S/C21H21N5O4/c1-30-17-6-4-5-16(15-17)25-10-9-22-21(25)24-13-11-23(12-14-24)20(27)18-7-2-3-8-19(18)26(28)29/h2-10,15H,11-14H2,1H3. The van der Waals surface area contributed by atoms with Gasteiger partial charge in [0.05, 0.1) is 17.7 Å². The van der Waals surface area contributed by atoms with Crippen LogP contribution in [-0.2, 0) is 0 Å². The first kappa shape index (κ1) is 19.4. The van der Waals surface area contributed by atoms with Crippen LogP contribution in [0, 0.1) is 10.1 Å². The van der Waals surface area contributed by atoms with E-state index in [-0.39, 0.29) is 17.2 Å². The van der Waals surface area contributed by atoms with E-state index < -0.39 is 4.92 Å². The van der Waals surface area contributed by atoms with Crippen LogP contribution in [0.3, 0.4) is 0 Å². The van der Waals surface area contributed by atoms with Gasteiger partial charge in [-0.1, -0.05) is 18.2 Å². The molecule has 0 bridgehead atoms. The summed E-state index contributed by atoms with van der Waals surface area (Å²) in [5.74, 6) is 1.21. The number of hydrogen-bond acceptors (Lipinski definition) is 6. The summed E-state index contributed by atoms with van der Waals surface area (Å²) < 4.78 is 7.28. The molecule has 2 aromatic carbocycles. The number of carbonyl (C=O) groups excluding carboxylic acids is 1. The molecule has 1 fully saturated rings. The smallest absolute Gasteiger partial charge is 0.282 e. The van der Waals surface area contributed by atoms with Crippen molar-refractivity contribution in [3.05, 3.63) is 76.6 Å². The van der Waals surface area contributed by atoms with E-state index in [1.807, 2.05) is 35.0 Å². The van der Waals surface area contributed by atoms with E-state index in [1.165, 1.54) is 12.1 Å². The molecule has 1 aromatic heterocycles. The third-order valence-corrected chi connectivity index (χ3v) is 5.13. The number of carbonyl (C=O) groups is 1. The number of imidazole rings is 1.